The van der Waals surface area contributed by atoms with Gasteiger partial charge >= 0.3 is 6.36 Å². The molecule has 0 saturated heterocycles. The second-order valence-electron chi connectivity index (χ2n) is 10.3. The fourth-order valence-electron chi connectivity index (χ4n) is 5.13. The molecule has 12 heteroatoms. The minimum atomic E-state index is -4.86. The summed E-state index contributed by atoms with van der Waals surface area (Å²) in [5.41, 5.74) is 1.33. The molecule has 0 bridgehead atoms. The van der Waals surface area contributed by atoms with Gasteiger partial charge in [0.25, 0.3) is 0 Å². The van der Waals surface area contributed by atoms with Gasteiger partial charge in [0.2, 0.25) is 15.9 Å². The molecule has 1 N–H and O–H groups in total. The molecule has 2 aromatic rings. The quantitative estimate of drug-likeness (QED) is 0.350. The Hall–Kier alpha value is -2.67. The maximum Gasteiger partial charge on any atom is 0.573 e. The predicted octanol–water partition coefficient (Wildman–Crippen LogP) is 4.45. The molecular weight excluding hydrogens is 547 g/mol. The van der Waals surface area contributed by atoms with Crippen molar-refractivity contribution in [1.29, 1.82) is 0 Å². The topological polar surface area (TPSA) is 88.2 Å². The molecule has 1 saturated carbocycles. The van der Waals surface area contributed by atoms with Crippen LogP contribution in [0, 0.1) is 11.8 Å². The highest BCUT2D eigenvalue weighted by Gasteiger charge is 2.32. The first-order valence-corrected chi connectivity index (χ1v) is 14.7. The van der Waals surface area contributed by atoms with E-state index in [9.17, 15) is 26.4 Å². The molecule has 222 valence electrons. The monoisotopic (exact) mass is 585 g/mol. The zero-order valence-corrected chi connectivity index (χ0v) is 23.9. The lowest BCUT2D eigenvalue weighted by Gasteiger charge is -2.37. The third-order valence-electron chi connectivity index (χ3n) is 7.17. The predicted molar refractivity (Wildman–Crippen MR) is 145 cm³/mol. The highest BCUT2D eigenvalue weighted by Crippen LogP contribution is 2.39. The van der Waals surface area contributed by atoms with Crippen molar-refractivity contribution in [3.63, 3.8) is 0 Å². The van der Waals surface area contributed by atoms with E-state index in [0.29, 0.717) is 24.4 Å². The highest BCUT2D eigenvalue weighted by atomic mass is 32.2. The number of sulfonamides is 1. The lowest BCUT2D eigenvalue weighted by Crippen LogP contribution is -2.36. The summed E-state index contributed by atoms with van der Waals surface area (Å²) in [6, 6.07) is 14.9. The minimum Gasteiger partial charge on any atom is -0.406 e. The van der Waals surface area contributed by atoms with Gasteiger partial charge in [0.05, 0.1) is 11.5 Å². The van der Waals surface area contributed by atoms with Crippen LogP contribution >= 0.6 is 0 Å². The summed E-state index contributed by atoms with van der Waals surface area (Å²) in [6.07, 6.45) is -0.608. The molecular formula is C28H38F3N3O5S. The first kappa shape index (κ1) is 31.9. The first-order chi connectivity index (χ1) is 18.9. The fraction of sp³-hybridized carbons (Fsp3) is 0.536. The molecule has 1 atom stereocenters. The van der Waals surface area contributed by atoms with Crippen LogP contribution in [0.5, 0.6) is 5.75 Å². The molecule has 0 heterocycles. The molecule has 1 unspecified atom stereocenters. The van der Waals surface area contributed by atoms with E-state index in [1.807, 2.05) is 6.07 Å². The Kier molecular flexibility index (Phi) is 11.4. The number of nitrogens with zero attached hydrogens (tertiary/aromatic N) is 2. The van der Waals surface area contributed by atoms with Crippen LogP contribution in [0.2, 0.25) is 0 Å². The van der Waals surface area contributed by atoms with Gasteiger partial charge in [-0.05, 0) is 81.4 Å². The number of hydrogen-bond donors (Lipinski definition) is 1. The third kappa shape index (κ3) is 9.46. The average Bonchev–Trinajstić information content (AvgIpc) is 2.90. The van der Waals surface area contributed by atoms with Gasteiger partial charge in [-0.25, -0.2) is 8.42 Å². The Morgan fingerprint density at radius 2 is 1.62 bits per heavy atom. The average molecular weight is 586 g/mol. The van der Waals surface area contributed by atoms with Gasteiger partial charge in [-0.3, -0.25) is 4.79 Å². The van der Waals surface area contributed by atoms with Crippen molar-refractivity contribution in [2.45, 2.75) is 43.0 Å². The van der Waals surface area contributed by atoms with E-state index in [2.05, 4.69) is 53.3 Å². The van der Waals surface area contributed by atoms with Crippen LogP contribution in [0.15, 0.2) is 59.5 Å². The molecule has 3 rings (SSSR count). The van der Waals surface area contributed by atoms with Crippen LogP contribution < -0.4 is 10.1 Å². The number of hydrogen-bond acceptors (Lipinski definition) is 6. The van der Waals surface area contributed by atoms with Crippen LogP contribution in [0.1, 0.15) is 37.3 Å². The van der Waals surface area contributed by atoms with E-state index in [-0.39, 0.29) is 30.6 Å². The van der Waals surface area contributed by atoms with Crippen molar-refractivity contribution in [2.75, 3.05) is 47.4 Å². The van der Waals surface area contributed by atoms with Crippen molar-refractivity contribution in [3.05, 3.63) is 60.2 Å². The van der Waals surface area contributed by atoms with Gasteiger partial charge in [-0.2, -0.15) is 4.31 Å². The largest absolute Gasteiger partial charge is 0.573 e. The number of alkyl halides is 3. The Labute approximate surface area is 234 Å². The highest BCUT2D eigenvalue weighted by molar-refractivity contribution is 7.89. The Balaban J connectivity index is 1.35. The number of halogens is 3. The summed E-state index contributed by atoms with van der Waals surface area (Å²) in [5, 5.41) is 2.92. The van der Waals surface area contributed by atoms with E-state index < -0.39 is 22.1 Å². The number of likely N-dealkylation sites (N-methyl/N-ethyl adjacent to an activating group) is 1. The van der Waals surface area contributed by atoms with Crippen LogP contribution in [0.25, 0.3) is 0 Å². The molecule has 1 fully saturated rings. The zero-order chi connectivity index (χ0) is 29.3. The van der Waals surface area contributed by atoms with Crippen molar-refractivity contribution in [3.8, 4) is 5.75 Å². The maximum absolute atomic E-state index is 12.6. The minimum absolute atomic E-state index is 0.0189. The van der Waals surface area contributed by atoms with Gasteiger partial charge < -0.3 is 19.7 Å². The molecule has 0 aliphatic heterocycles. The maximum atomic E-state index is 12.6. The van der Waals surface area contributed by atoms with Crippen LogP contribution in [0.4, 0.5) is 13.2 Å². The summed E-state index contributed by atoms with van der Waals surface area (Å²) in [7, 11) is 1.61. The van der Waals surface area contributed by atoms with E-state index in [4.69, 9.17) is 4.74 Å². The number of amides is 1. The van der Waals surface area contributed by atoms with Crippen LogP contribution in [0.3, 0.4) is 0 Å². The molecule has 8 nitrogen and oxygen atoms in total. The Bertz CT molecular complexity index is 1170. The summed E-state index contributed by atoms with van der Waals surface area (Å²) in [4.78, 5) is 14.4. The second-order valence-corrected chi connectivity index (χ2v) is 12.3. The van der Waals surface area contributed by atoms with E-state index >= 15 is 0 Å². The molecule has 1 aliphatic rings. The van der Waals surface area contributed by atoms with Crippen LogP contribution in [-0.4, -0.2) is 77.3 Å². The van der Waals surface area contributed by atoms with Gasteiger partial charge in [0.1, 0.15) is 12.4 Å². The third-order valence-corrected chi connectivity index (χ3v) is 9.04. The summed E-state index contributed by atoms with van der Waals surface area (Å²) >= 11 is 0. The molecule has 0 spiro atoms. The number of benzene rings is 2. The number of carbonyl (C=O) groups excluding carboxylic acids is 1. The normalized spacial score (nSPS) is 19.0. The summed E-state index contributed by atoms with van der Waals surface area (Å²) in [6.45, 7) is 0.336. The van der Waals surface area contributed by atoms with Gasteiger partial charge in [-0.1, -0.05) is 30.3 Å². The van der Waals surface area contributed by atoms with E-state index in [0.717, 1.165) is 54.3 Å². The molecule has 40 heavy (non-hydrogen) atoms. The number of carbonyl (C=O) groups is 1. The Morgan fingerprint density at radius 3 is 2.20 bits per heavy atom. The number of rotatable bonds is 13. The van der Waals surface area contributed by atoms with Crippen molar-refractivity contribution < 1.29 is 35.9 Å². The fourth-order valence-corrected chi connectivity index (χ4v) is 6.29. The van der Waals surface area contributed by atoms with Crippen LogP contribution in [-0.2, 0) is 19.6 Å². The van der Waals surface area contributed by atoms with Gasteiger partial charge in [0.15, 0.2) is 0 Å². The van der Waals surface area contributed by atoms with Gasteiger partial charge in [-0.15, -0.1) is 13.2 Å². The number of ether oxygens (including phenoxy) is 2. The first-order valence-electron chi connectivity index (χ1n) is 13.2. The van der Waals surface area contributed by atoms with Crippen molar-refractivity contribution in [1.82, 2.24) is 14.5 Å². The Morgan fingerprint density at radius 1 is 1.00 bits per heavy atom. The molecule has 0 aromatic heterocycles. The lowest BCUT2D eigenvalue weighted by molar-refractivity contribution is -0.274. The zero-order valence-electron chi connectivity index (χ0n) is 23.1. The summed E-state index contributed by atoms with van der Waals surface area (Å²) < 4.78 is 72.3. The SMILES string of the molecule is CN(C)C(c1ccccc1)C1CCC(CNC(=O)COCCN(C)S(=O)(=O)c2ccc(OC(F)(F)F)cc2)CC1. The molecule has 0 radical (unpaired) electrons. The molecule has 1 amide bonds. The van der Waals surface area contributed by atoms with E-state index in [1.165, 1.54) is 12.6 Å². The number of nitrogens with one attached hydrogen (secondary N) is 1. The lowest BCUT2D eigenvalue weighted by atomic mass is 9.76. The standard InChI is InChI=1S/C28H38F3N3O5S/c1-33(2)27(22-7-5-4-6-8-22)23-11-9-21(10-12-23)19-32-26(35)20-38-18-17-34(3)40(36,37)25-15-13-24(14-16-25)39-28(29,30)31/h4-8,13-16,21,23,27H,9-12,17-20H2,1-3H3,(H,32,35). The van der Waals surface area contributed by atoms with Gasteiger partial charge in [0, 0.05) is 26.2 Å². The van der Waals surface area contributed by atoms with Crippen molar-refractivity contribution in [2.24, 2.45) is 11.8 Å². The second kappa shape index (κ2) is 14.3. The smallest absolute Gasteiger partial charge is 0.406 e. The molecule has 2 aromatic carbocycles. The van der Waals surface area contributed by atoms with E-state index in [1.54, 1.807) is 0 Å². The molecule has 1 aliphatic carbocycles. The van der Waals surface area contributed by atoms with Crippen molar-refractivity contribution >= 4 is 15.9 Å². The summed E-state index contributed by atoms with van der Waals surface area (Å²) in [5.74, 6) is 0.194.